The van der Waals surface area contributed by atoms with Crippen molar-refractivity contribution in [3.8, 4) is 5.75 Å². The summed E-state index contributed by atoms with van der Waals surface area (Å²) in [6.45, 7) is 2.07. The van der Waals surface area contributed by atoms with Crippen molar-refractivity contribution in [1.82, 2.24) is 0 Å². The average Bonchev–Trinajstić information content (AvgIpc) is 2.54. The Hall–Kier alpha value is -1.94. The van der Waals surface area contributed by atoms with Gasteiger partial charge in [-0.3, -0.25) is 4.79 Å². The molecule has 0 atom stereocenters. The molecule has 0 aliphatic rings. The van der Waals surface area contributed by atoms with Crippen LogP contribution in [-0.2, 0) is 11.2 Å². The first-order valence-electron chi connectivity index (χ1n) is 6.87. The molecule has 1 N–H and O–H groups in total. The predicted molar refractivity (Wildman–Crippen MR) is 88.2 cm³/mol. The number of carbonyl (C=O) groups is 1. The first-order chi connectivity index (χ1) is 10.2. The molecule has 110 valence electrons. The highest BCUT2D eigenvalue weighted by atomic mass is 32.2. The first kappa shape index (κ1) is 15.4. The standard InChI is InChI=1S/C17H19NO2S/c1-3-13-6-4-5-7-16(13)18-17(19)12-20-14-8-10-15(21-2)11-9-14/h4-11H,3,12H2,1-2H3,(H,18,19). The third-order valence-electron chi connectivity index (χ3n) is 3.10. The number of ether oxygens (including phenoxy) is 1. The Morgan fingerprint density at radius 3 is 2.52 bits per heavy atom. The monoisotopic (exact) mass is 301 g/mol. The van der Waals surface area contributed by atoms with Crippen LogP contribution in [0, 0.1) is 0 Å². The van der Waals surface area contributed by atoms with E-state index in [0.29, 0.717) is 5.75 Å². The minimum atomic E-state index is -0.148. The van der Waals surface area contributed by atoms with Crippen molar-refractivity contribution >= 4 is 23.4 Å². The molecule has 0 saturated carbocycles. The highest BCUT2D eigenvalue weighted by molar-refractivity contribution is 7.98. The number of hydrogen-bond acceptors (Lipinski definition) is 3. The fourth-order valence-electron chi connectivity index (χ4n) is 1.96. The van der Waals surface area contributed by atoms with Gasteiger partial charge in [-0.1, -0.05) is 25.1 Å². The molecule has 0 unspecified atom stereocenters. The van der Waals surface area contributed by atoms with Gasteiger partial charge in [0.25, 0.3) is 5.91 Å². The number of hydrogen-bond donors (Lipinski definition) is 1. The normalized spacial score (nSPS) is 10.2. The molecule has 0 heterocycles. The SMILES string of the molecule is CCc1ccccc1NC(=O)COc1ccc(SC)cc1. The number of thioether (sulfide) groups is 1. The van der Waals surface area contributed by atoms with Crippen LogP contribution in [0.2, 0.25) is 0 Å². The lowest BCUT2D eigenvalue weighted by Crippen LogP contribution is -2.20. The van der Waals surface area contributed by atoms with Crippen LogP contribution >= 0.6 is 11.8 Å². The van der Waals surface area contributed by atoms with Crippen LogP contribution in [0.4, 0.5) is 5.69 Å². The Morgan fingerprint density at radius 2 is 1.86 bits per heavy atom. The molecular weight excluding hydrogens is 282 g/mol. The molecule has 0 aromatic heterocycles. The Morgan fingerprint density at radius 1 is 1.14 bits per heavy atom. The van der Waals surface area contributed by atoms with Gasteiger partial charge in [-0.15, -0.1) is 11.8 Å². The predicted octanol–water partition coefficient (Wildman–Crippen LogP) is 3.99. The van der Waals surface area contributed by atoms with E-state index in [2.05, 4.69) is 12.2 Å². The minimum Gasteiger partial charge on any atom is -0.484 e. The largest absolute Gasteiger partial charge is 0.484 e. The second kappa shape index (κ2) is 7.74. The van der Waals surface area contributed by atoms with Crippen molar-refractivity contribution < 1.29 is 9.53 Å². The number of anilines is 1. The molecule has 0 aliphatic carbocycles. The number of para-hydroxylation sites is 1. The molecule has 0 spiro atoms. The van der Waals surface area contributed by atoms with Crippen molar-refractivity contribution in [2.75, 3.05) is 18.2 Å². The molecule has 3 nitrogen and oxygen atoms in total. The summed E-state index contributed by atoms with van der Waals surface area (Å²) >= 11 is 1.67. The summed E-state index contributed by atoms with van der Waals surface area (Å²) in [5.41, 5.74) is 1.97. The van der Waals surface area contributed by atoms with Gasteiger partial charge in [0.2, 0.25) is 0 Å². The van der Waals surface area contributed by atoms with E-state index in [9.17, 15) is 4.79 Å². The van der Waals surface area contributed by atoms with Crippen LogP contribution in [0.25, 0.3) is 0 Å². The first-order valence-corrected chi connectivity index (χ1v) is 8.10. The van der Waals surface area contributed by atoms with Crippen LogP contribution in [0.1, 0.15) is 12.5 Å². The Balaban J connectivity index is 1.89. The van der Waals surface area contributed by atoms with E-state index < -0.39 is 0 Å². The van der Waals surface area contributed by atoms with E-state index in [1.165, 1.54) is 4.90 Å². The van der Waals surface area contributed by atoms with E-state index in [1.54, 1.807) is 11.8 Å². The van der Waals surface area contributed by atoms with E-state index in [0.717, 1.165) is 17.7 Å². The quantitative estimate of drug-likeness (QED) is 0.820. The minimum absolute atomic E-state index is 0.0106. The number of amides is 1. The average molecular weight is 301 g/mol. The number of carbonyl (C=O) groups excluding carboxylic acids is 1. The van der Waals surface area contributed by atoms with Gasteiger partial charge >= 0.3 is 0 Å². The molecule has 0 bridgehead atoms. The molecule has 0 fully saturated rings. The highest BCUT2D eigenvalue weighted by Gasteiger charge is 2.06. The Kier molecular flexibility index (Phi) is 5.69. The van der Waals surface area contributed by atoms with Crippen molar-refractivity contribution in [1.29, 1.82) is 0 Å². The van der Waals surface area contributed by atoms with Crippen molar-refractivity contribution in [2.45, 2.75) is 18.2 Å². The zero-order valence-electron chi connectivity index (χ0n) is 12.3. The molecule has 0 radical (unpaired) electrons. The summed E-state index contributed by atoms with van der Waals surface area (Å²) < 4.78 is 5.49. The lowest BCUT2D eigenvalue weighted by molar-refractivity contribution is -0.118. The lowest BCUT2D eigenvalue weighted by atomic mass is 10.1. The number of aryl methyl sites for hydroxylation is 1. The molecule has 0 aliphatic heterocycles. The number of rotatable bonds is 6. The molecule has 0 saturated heterocycles. The summed E-state index contributed by atoms with van der Waals surface area (Å²) in [4.78, 5) is 13.1. The van der Waals surface area contributed by atoms with Gasteiger partial charge in [0.1, 0.15) is 5.75 Å². The lowest BCUT2D eigenvalue weighted by Gasteiger charge is -2.10. The molecular formula is C17H19NO2S. The van der Waals surface area contributed by atoms with Crippen LogP contribution in [0.3, 0.4) is 0 Å². The maximum absolute atomic E-state index is 11.9. The molecule has 4 heteroatoms. The Labute approximate surface area is 129 Å². The molecule has 2 rings (SSSR count). The summed E-state index contributed by atoms with van der Waals surface area (Å²) in [7, 11) is 0. The van der Waals surface area contributed by atoms with Gasteiger partial charge in [-0.25, -0.2) is 0 Å². The van der Waals surface area contributed by atoms with Gasteiger partial charge in [0.05, 0.1) is 0 Å². The van der Waals surface area contributed by atoms with E-state index in [4.69, 9.17) is 4.74 Å². The van der Waals surface area contributed by atoms with Crippen molar-refractivity contribution in [2.24, 2.45) is 0 Å². The zero-order chi connectivity index (χ0) is 15.1. The van der Waals surface area contributed by atoms with E-state index in [-0.39, 0.29) is 12.5 Å². The van der Waals surface area contributed by atoms with Gasteiger partial charge in [0.15, 0.2) is 6.61 Å². The van der Waals surface area contributed by atoms with Gasteiger partial charge in [0, 0.05) is 10.6 Å². The molecule has 2 aromatic carbocycles. The van der Waals surface area contributed by atoms with E-state index >= 15 is 0 Å². The van der Waals surface area contributed by atoms with Crippen LogP contribution in [0.15, 0.2) is 53.4 Å². The fraction of sp³-hybridized carbons (Fsp3) is 0.235. The van der Waals surface area contributed by atoms with Crippen LogP contribution in [0.5, 0.6) is 5.75 Å². The maximum Gasteiger partial charge on any atom is 0.262 e. The smallest absolute Gasteiger partial charge is 0.262 e. The number of benzene rings is 2. The summed E-state index contributed by atoms with van der Waals surface area (Å²) in [5.74, 6) is 0.552. The summed E-state index contributed by atoms with van der Waals surface area (Å²) in [5, 5.41) is 2.89. The fourth-order valence-corrected chi connectivity index (χ4v) is 2.37. The third kappa shape index (κ3) is 4.53. The molecule has 21 heavy (non-hydrogen) atoms. The topological polar surface area (TPSA) is 38.3 Å². The summed E-state index contributed by atoms with van der Waals surface area (Å²) in [6, 6.07) is 15.5. The van der Waals surface area contributed by atoms with Gasteiger partial charge in [-0.05, 0) is 48.6 Å². The van der Waals surface area contributed by atoms with Crippen molar-refractivity contribution in [3.63, 3.8) is 0 Å². The number of nitrogens with one attached hydrogen (secondary N) is 1. The highest BCUT2D eigenvalue weighted by Crippen LogP contribution is 2.19. The second-order valence-electron chi connectivity index (χ2n) is 4.52. The van der Waals surface area contributed by atoms with Crippen LogP contribution in [-0.4, -0.2) is 18.8 Å². The summed E-state index contributed by atoms with van der Waals surface area (Å²) in [6.07, 6.45) is 2.90. The Bertz CT molecular complexity index is 596. The third-order valence-corrected chi connectivity index (χ3v) is 3.85. The van der Waals surface area contributed by atoms with E-state index in [1.807, 2.05) is 54.8 Å². The van der Waals surface area contributed by atoms with Crippen molar-refractivity contribution in [3.05, 3.63) is 54.1 Å². The van der Waals surface area contributed by atoms with Gasteiger partial charge in [-0.2, -0.15) is 0 Å². The molecule has 2 aromatic rings. The zero-order valence-corrected chi connectivity index (χ0v) is 13.1. The molecule has 1 amide bonds. The van der Waals surface area contributed by atoms with Crippen LogP contribution < -0.4 is 10.1 Å². The second-order valence-corrected chi connectivity index (χ2v) is 5.40. The van der Waals surface area contributed by atoms with Gasteiger partial charge < -0.3 is 10.1 Å². The maximum atomic E-state index is 11.9.